The molecule has 1 aliphatic carbocycles. The minimum absolute atomic E-state index is 0.0648. The Kier molecular flexibility index (Phi) is 11.5. The van der Waals surface area contributed by atoms with Gasteiger partial charge in [0.25, 0.3) is 5.91 Å². The summed E-state index contributed by atoms with van der Waals surface area (Å²) >= 11 is 3.46. The van der Waals surface area contributed by atoms with E-state index >= 15 is 0 Å². The number of rotatable bonds is 3. The van der Waals surface area contributed by atoms with Crippen LogP contribution in [0.15, 0.2) is 73.4 Å². The molecule has 2 aliphatic heterocycles. The lowest BCUT2D eigenvalue weighted by Crippen LogP contribution is -2.37. The first-order valence-electron chi connectivity index (χ1n) is 14.9. The van der Waals surface area contributed by atoms with Gasteiger partial charge in [0.05, 0.1) is 17.9 Å². The number of aliphatic hydroxyl groups excluding tert-OH is 1. The summed E-state index contributed by atoms with van der Waals surface area (Å²) in [4.78, 5) is 43.7. The van der Waals surface area contributed by atoms with E-state index in [9.17, 15) is 19.5 Å². The lowest BCUT2D eigenvalue weighted by Gasteiger charge is -2.29. The van der Waals surface area contributed by atoms with Gasteiger partial charge < -0.3 is 34.8 Å². The Morgan fingerprint density at radius 3 is 2.57 bits per heavy atom. The number of carbonyl (C=O) groups is 2. The predicted octanol–water partition coefficient (Wildman–Crippen LogP) is 5.52. The fourth-order valence-corrected chi connectivity index (χ4v) is 6.01. The van der Waals surface area contributed by atoms with E-state index in [4.69, 9.17) is 29.3 Å². The van der Waals surface area contributed by atoms with Crippen molar-refractivity contribution in [2.75, 3.05) is 19.5 Å². The van der Waals surface area contributed by atoms with Gasteiger partial charge in [0.1, 0.15) is 17.3 Å². The summed E-state index contributed by atoms with van der Waals surface area (Å²) < 4.78 is 23.8. The molecule has 6 atom stereocenters. The zero-order valence-corrected chi connectivity index (χ0v) is 28.3. The van der Waals surface area contributed by atoms with E-state index in [2.05, 4.69) is 21.2 Å². The monoisotopic (exact) mass is 697 g/mol. The molecule has 6 unspecified atom stereocenters. The van der Waals surface area contributed by atoms with Crippen LogP contribution in [0.2, 0.25) is 0 Å². The molecule has 0 radical (unpaired) electrons. The molecule has 12 heteroatoms. The highest BCUT2D eigenvalue weighted by Gasteiger charge is 2.30. The van der Waals surface area contributed by atoms with E-state index in [1.807, 2.05) is 19.9 Å². The van der Waals surface area contributed by atoms with Gasteiger partial charge in [0, 0.05) is 35.7 Å². The number of hydrogen-bond acceptors (Lipinski definition) is 9. The number of primary amides is 1. The number of amides is 2. The van der Waals surface area contributed by atoms with E-state index in [0.717, 1.165) is 4.47 Å². The number of allylic oxidation sites excluding steroid dienone is 2. The maximum atomic E-state index is 13.9. The summed E-state index contributed by atoms with van der Waals surface area (Å²) in [5.74, 6) is -0.754. The Labute approximate surface area is 276 Å². The number of ether oxygens (including phenoxy) is 3. The number of anilines is 1. The molecule has 46 heavy (non-hydrogen) atoms. The van der Waals surface area contributed by atoms with Gasteiger partial charge in [0.15, 0.2) is 17.4 Å². The largest absolute Gasteiger partial charge is 0.452 e. The van der Waals surface area contributed by atoms with Gasteiger partial charge in [-0.05, 0) is 62.4 Å². The van der Waals surface area contributed by atoms with Crippen LogP contribution in [-0.4, -0.2) is 60.7 Å². The van der Waals surface area contributed by atoms with E-state index in [1.54, 1.807) is 50.3 Å². The van der Waals surface area contributed by atoms with Crippen LogP contribution in [0.25, 0.3) is 22.6 Å². The zero-order chi connectivity index (χ0) is 33.7. The Hall–Kier alpha value is -3.84. The highest BCUT2D eigenvalue weighted by Crippen LogP contribution is 2.33. The first-order chi connectivity index (χ1) is 21.8. The van der Waals surface area contributed by atoms with Gasteiger partial charge in [-0.25, -0.2) is 9.78 Å². The third kappa shape index (κ3) is 8.11. The number of halogens is 1. The van der Waals surface area contributed by atoms with Crippen LogP contribution in [0.4, 0.5) is 10.5 Å². The molecule has 4 N–H and O–H groups in total. The summed E-state index contributed by atoms with van der Waals surface area (Å²) in [5.41, 5.74) is 7.83. The molecule has 1 aromatic rings. The number of aromatic nitrogens is 1. The molecular formula is C34H40BrN3O8. The summed E-state index contributed by atoms with van der Waals surface area (Å²) in [6.07, 6.45) is 3.03. The molecule has 11 nitrogen and oxygen atoms in total. The quantitative estimate of drug-likeness (QED) is 0.236. The number of methoxy groups -OCH3 is 2. The van der Waals surface area contributed by atoms with Crippen LogP contribution in [0.5, 0.6) is 0 Å². The van der Waals surface area contributed by atoms with Crippen LogP contribution < -0.4 is 16.5 Å². The maximum absolute atomic E-state index is 13.9. The van der Waals surface area contributed by atoms with Crippen LogP contribution in [0.3, 0.4) is 0 Å². The predicted molar refractivity (Wildman–Crippen MR) is 179 cm³/mol. The molecule has 0 fully saturated rings. The molecule has 0 spiro atoms. The standard InChI is InChI=1S/C34H40BrN3O8/c1-17-12-22-30(40)24(16-25-32(22)45-27-15-21(35)10-11-23(27)37-25)38-33(41)18(2)8-7-9-26(43-5)31(46-34(36)42)20(4)14-19(3)29(39)28(13-17)44-6/h7-11,14-17,19,26,28-29,31,39H,12-13H2,1-6H3,(H2,36,42)(H,38,41)/b9-7-,18-8+,20-14+. The van der Waals surface area contributed by atoms with Crippen molar-refractivity contribution in [1.82, 2.24) is 4.98 Å². The normalized spacial score (nSPS) is 28.1. The Morgan fingerprint density at radius 2 is 1.89 bits per heavy atom. The van der Waals surface area contributed by atoms with Crippen molar-refractivity contribution in [2.45, 2.75) is 65.0 Å². The van der Waals surface area contributed by atoms with Crippen LogP contribution in [0, 0.1) is 11.8 Å². The number of carbonyl (C=O) groups excluding carboxylic acids is 2. The first kappa shape index (κ1) is 35.0. The fourth-order valence-electron chi connectivity index (χ4n) is 5.67. The molecule has 0 aromatic heterocycles. The van der Waals surface area contributed by atoms with Crippen molar-refractivity contribution >= 4 is 44.7 Å². The summed E-state index contributed by atoms with van der Waals surface area (Å²) in [6.45, 7) is 7.14. The van der Waals surface area contributed by atoms with Gasteiger partial charge in [-0.15, -0.1) is 0 Å². The molecule has 2 bridgehead atoms. The molecular weight excluding hydrogens is 658 g/mol. The Morgan fingerprint density at radius 1 is 1.15 bits per heavy atom. The molecule has 4 rings (SSSR count). The number of nitrogens with one attached hydrogen (secondary N) is 1. The van der Waals surface area contributed by atoms with Crippen LogP contribution in [0.1, 0.15) is 39.7 Å². The molecule has 2 heterocycles. The zero-order valence-electron chi connectivity index (χ0n) is 26.7. The second kappa shape index (κ2) is 15.2. The average molecular weight is 699 g/mol. The Bertz CT molecular complexity index is 1710. The third-order valence-electron chi connectivity index (χ3n) is 8.13. The number of nitrogens with two attached hydrogens (primary N) is 1. The number of benzene rings is 2. The maximum Gasteiger partial charge on any atom is 0.405 e. The fraction of sp³-hybridized carbons (Fsp3) is 0.412. The van der Waals surface area contributed by atoms with E-state index in [0.29, 0.717) is 45.7 Å². The summed E-state index contributed by atoms with van der Waals surface area (Å²) in [6, 6.07) is 6.94. The van der Waals surface area contributed by atoms with Crippen molar-refractivity contribution in [1.29, 1.82) is 0 Å². The van der Waals surface area contributed by atoms with Gasteiger partial charge in [-0.2, -0.15) is 0 Å². The van der Waals surface area contributed by atoms with Gasteiger partial charge in [-0.3, -0.25) is 9.59 Å². The molecule has 0 saturated carbocycles. The number of nitrogens with zero attached hydrogens (tertiary/aromatic N) is 1. The first-order valence-corrected chi connectivity index (χ1v) is 15.7. The van der Waals surface area contributed by atoms with Crippen molar-refractivity contribution in [2.24, 2.45) is 17.6 Å². The minimum atomic E-state index is -0.987. The van der Waals surface area contributed by atoms with Gasteiger partial charge >= 0.3 is 6.09 Å². The molecule has 2 amide bonds. The van der Waals surface area contributed by atoms with Gasteiger partial charge in [-0.1, -0.05) is 54.1 Å². The smallest absolute Gasteiger partial charge is 0.405 e. The highest BCUT2D eigenvalue weighted by atomic mass is 79.9. The van der Waals surface area contributed by atoms with Crippen LogP contribution in [-0.2, 0) is 25.4 Å². The molecule has 0 saturated heterocycles. The lowest BCUT2D eigenvalue weighted by atomic mass is 9.87. The number of hydrogen-bond donors (Lipinski definition) is 3. The van der Waals surface area contributed by atoms with E-state index < -0.39 is 42.3 Å². The van der Waals surface area contributed by atoms with Crippen molar-refractivity contribution in [3.63, 3.8) is 0 Å². The lowest BCUT2D eigenvalue weighted by molar-refractivity contribution is -0.112. The molecule has 3 aliphatic rings. The molecule has 246 valence electrons. The van der Waals surface area contributed by atoms with Crippen molar-refractivity contribution < 1.29 is 33.3 Å². The second-order valence-corrected chi connectivity index (χ2v) is 12.6. The van der Waals surface area contributed by atoms with Crippen molar-refractivity contribution in [3.05, 3.63) is 80.0 Å². The average Bonchev–Trinajstić information content (AvgIpc) is 3.01. The topological polar surface area (TPSA) is 163 Å². The summed E-state index contributed by atoms with van der Waals surface area (Å²) in [5, 5.41) is 14.1. The van der Waals surface area contributed by atoms with Crippen molar-refractivity contribution in [3.8, 4) is 11.5 Å². The SMILES string of the molecule is COC1/C=C\C=C(/C)C(=O)Nc2cc3nc4ccc(Br)cc4oc-3c(c2=O)CC(C)CC(OC)C(O)C(C)/C=C(\C)C1OC(N)=O. The van der Waals surface area contributed by atoms with E-state index in [-0.39, 0.29) is 23.5 Å². The third-order valence-corrected chi connectivity index (χ3v) is 8.63. The summed E-state index contributed by atoms with van der Waals surface area (Å²) in [7, 11) is 2.97. The van der Waals surface area contributed by atoms with Gasteiger partial charge in [0.2, 0.25) is 5.43 Å². The number of aliphatic hydroxyl groups is 1. The number of fused-ring (bicyclic) bond motifs is 5. The Balaban J connectivity index is 1.86. The minimum Gasteiger partial charge on any atom is -0.452 e. The second-order valence-electron chi connectivity index (χ2n) is 11.7. The molecule has 1 aromatic carbocycles. The highest BCUT2D eigenvalue weighted by molar-refractivity contribution is 9.10. The van der Waals surface area contributed by atoms with E-state index in [1.165, 1.54) is 20.3 Å². The van der Waals surface area contributed by atoms with Crippen LogP contribution >= 0.6 is 15.9 Å².